The number of aromatic nitrogens is 1. The summed E-state index contributed by atoms with van der Waals surface area (Å²) in [6, 6.07) is 0. The minimum atomic E-state index is -0.864. The van der Waals surface area contributed by atoms with E-state index in [0.717, 1.165) is 11.4 Å². The van der Waals surface area contributed by atoms with E-state index in [4.69, 9.17) is 9.84 Å². The van der Waals surface area contributed by atoms with Crippen LogP contribution in [-0.4, -0.2) is 34.8 Å². The average Bonchev–Trinajstić information content (AvgIpc) is 2.98. The Balaban J connectivity index is 1.84. The van der Waals surface area contributed by atoms with Gasteiger partial charge in [0, 0.05) is 18.1 Å². The molecule has 0 spiro atoms. The van der Waals surface area contributed by atoms with E-state index >= 15 is 0 Å². The van der Waals surface area contributed by atoms with Crippen LogP contribution in [0, 0.1) is 0 Å². The lowest BCUT2D eigenvalue weighted by Crippen LogP contribution is -2.41. The van der Waals surface area contributed by atoms with Gasteiger partial charge in [-0.05, 0) is 26.7 Å². The lowest BCUT2D eigenvalue weighted by atomic mass is 10.1. The Labute approximate surface area is 110 Å². The van der Waals surface area contributed by atoms with Crippen molar-refractivity contribution in [3.63, 3.8) is 0 Å². The number of thiazole rings is 1. The maximum Gasteiger partial charge on any atom is 0.332 e. The van der Waals surface area contributed by atoms with Crippen molar-refractivity contribution >= 4 is 17.3 Å². The predicted molar refractivity (Wildman–Crippen MR) is 68.7 cm³/mol. The highest BCUT2D eigenvalue weighted by Crippen LogP contribution is 2.24. The first kappa shape index (κ1) is 13.5. The molecule has 2 atom stereocenters. The molecule has 5 nitrogen and oxygen atoms in total. The summed E-state index contributed by atoms with van der Waals surface area (Å²) < 4.78 is 5.46. The fourth-order valence-corrected chi connectivity index (χ4v) is 2.75. The van der Waals surface area contributed by atoms with Crippen LogP contribution in [-0.2, 0) is 15.1 Å². The average molecular weight is 270 g/mol. The first-order chi connectivity index (χ1) is 8.49. The van der Waals surface area contributed by atoms with Gasteiger partial charge in [0.05, 0.1) is 11.6 Å². The van der Waals surface area contributed by atoms with Gasteiger partial charge in [0.1, 0.15) is 5.01 Å². The van der Waals surface area contributed by atoms with E-state index < -0.39 is 12.1 Å². The number of rotatable bonds is 5. The van der Waals surface area contributed by atoms with E-state index in [1.54, 1.807) is 17.5 Å². The summed E-state index contributed by atoms with van der Waals surface area (Å²) >= 11 is 1.61. The van der Waals surface area contributed by atoms with E-state index in [-0.39, 0.29) is 11.6 Å². The molecule has 2 N–H and O–H groups in total. The highest BCUT2D eigenvalue weighted by atomic mass is 32.1. The van der Waals surface area contributed by atoms with Gasteiger partial charge in [-0.25, -0.2) is 9.78 Å². The molecule has 1 saturated heterocycles. The third-order valence-corrected chi connectivity index (χ3v) is 4.22. The molecule has 0 bridgehead atoms. The summed E-state index contributed by atoms with van der Waals surface area (Å²) in [5, 5.41) is 15.2. The number of ether oxygens (including phenoxy) is 1. The molecule has 1 aliphatic rings. The van der Waals surface area contributed by atoms with Crippen LogP contribution >= 0.6 is 11.3 Å². The van der Waals surface area contributed by atoms with Crippen molar-refractivity contribution in [3.05, 3.63) is 16.6 Å². The molecule has 0 aliphatic carbocycles. The molecular weight excluding hydrogens is 252 g/mol. The number of aliphatic carboxylic acids is 1. The molecule has 0 radical (unpaired) electrons. The number of carboxylic acids is 1. The highest BCUT2D eigenvalue weighted by Gasteiger charge is 2.32. The molecule has 2 rings (SSSR count). The quantitative estimate of drug-likeness (QED) is 0.850. The van der Waals surface area contributed by atoms with Gasteiger partial charge in [-0.1, -0.05) is 0 Å². The number of nitrogens with one attached hydrogen (secondary N) is 1. The van der Waals surface area contributed by atoms with E-state index in [9.17, 15) is 4.79 Å². The Morgan fingerprint density at radius 2 is 2.44 bits per heavy atom. The molecule has 1 aromatic rings. The highest BCUT2D eigenvalue weighted by molar-refractivity contribution is 7.09. The maximum atomic E-state index is 10.8. The van der Waals surface area contributed by atoms with Crippen LogP contribution < -0.4 is 5.32 Å². The summed E-state index contributed by atoms with van der Waals surface area (Å²) in [4.78, 5) is 15.1. The van der Waals surface area contributed by atoms with Gasteiger partial charge in [-0.15, -0.1) is 11.3 Å². The van der Waals surface area contributed by atoms with E-state index in [1.807, 2.05) is 5.38 Å². The van der Waals surface area contributed by atoms with Gasteiger partial charge >= 0.3 is 5.97 Å². The topological polar surface area (TPSA) is 71.5 Å². The van der Waals surface area contributed by atoms with Gasteiger partial charge in [0.15, 0.2) is 6.10 Å². The third kappa shape index (κ3) is 3.07. The smallest absolute Gasteiger partial charge is 0.332 e. The SMILES string of the molecule is CC(C)(NCC1CCC(C(=O)O)O1)c1nccs1. The second-order valence-electron chi connectivity index (χ2n) is 5.01. The van der Waals surface area contributed by atoms with E-state index in [1.165, 1.54) is 0 Å². The lowest BCUT2D eigenvalue weighted by Gasteiger charge is -2.25. The molecule has 0 aromatic carbocycles. The maximum absolute atomic E-state index is 10.8. The summed E-state index contributed by atoms with van der Waals surface area (Å²) in [5.74, 6) is -0.864. The molecule has 6 heteroatoms. The second-order valence-corrected chi connectivity index (χ2v) is 5.90. The van der Waals surface area contributed by atoms with Crippen LogP contribution in [0.25, 0.3) is 0 Å². The summed E-state index contributed by atoms with van der Waals surface area (Å²) in [6.07, 6.45) is 2.51. The Kier molecular flexibility index (Phi) is 3.99. The van der Waals surface area contributed by atoms with Crippen molar-refractivity contribution in [2.75, 3.05) is 6.54 Å². The predicted octanol–water partition coefficient (Wildman–Crippen LogP) is 1.60. The van der Waals surface area contributed by atoms with Crippen molar-refractivity contribution in [3.8, 4) is 0 Å². The van der Waals surface area contributed by atoms with Crippen molar-refractivity contribution in [2.24, 2.45) is 0 Å². The number of nitrogens with zero attached hydrogens (tertiary/aromatic N) is 1. The minimum Gasteiger partial charge on any atom is -0.479 e. The Morgan fingerprint density at radius 1 is 1.67 bits per heavy atom. The summed E-state index contributed by atoms with van der Waals surface area (Å²) in [7, 11) is 0. The van der Waals surface area contributed by atoms with Crippen LogP contribution in [0.1, 0.15) is 31.7 Å². The molecule has 1 aromatic heterocycles. The van der Waals surface area contributed by atoms with Crippen LogP contribution in [0.2, 0.25) is 0 Å². The molecule has 18 heavy (non-hydrogen) atoms. The Hall–Kier alpha value is -0.980. The van der Waals surface area contributed by atoms with Gasteiger partial charge < -0.3 is 15.2 Å². The molecule has 0 amide bonds. The number of hydrogen-bond donors (Lipinski definition) is 2. The van der Waals surface area contributed by atoms with Crippen molar-refractivity contribution in [1.29, 1.82) is 0 Å². The molecule has 1 fully saturated rings. The first-order valence-corrected chi connectivity index (χ1v) is 6.90. The van der Waals surface area contributed by atoms with Crippen LogP contribution in [0.4, 0.5) is 0 Å². The molecule has 1 aliphatic heterocycles. The van der Waals surface area contributed by atoms with Crippen molar-refractivity contribution in [1.82, 2.24) is 10.3 Å². The van der Waals surface area contributed by atoms with E-state index in [0.29, 0.717) is 13.0 Å². The third-order valence-electron chi connectivity index (χ3n) is 3.12. The normalized spacial score (nSPS) is 24.3. The van der Waals surface area contributed by atoms with Crippen molar-refractivity contribution < 1.29 is 14.6 Å². The number of hydrogen-bond acceptors (Lipinski definition) is 5. The summed E-state index contributed by atoms with van der Waals surface area (Å²) in [6.45, 7) is 4.78. The van der Waals surface area contributed by atoms with E-state index in [2.05, 4.69) is 24.1 Å². The monoisotopic (exact) mass is 270 g/mol. The fraction of sp³-hybridized carbons (Fsp3) is 0.667. The summed E-state index contributed by atoms with van der Waals surface area (Å²) in [5.41, 5.74) is -0.209. The van der Waals surface area contributed by atoms with Crippen LogP contribution in [0.5, 0.6) is 0 Å². The number of carboxylic acid groups (broad SMARTS) is 1. The Morgan fingerprint density at radius 3 is 3.00 bits per heavy atom. The second kappa shape index (κ2) is 5.34. The van der Waals surface area contributed by atoms with Gasteiger partial charge in [-0.2, -0.15) is 0 Å². The van der Waals surface area contributed by atoms with Gasteiger partial charge in [-0.3, -0.25) is 0 Å². The molecule has 2 unspecified atom stereocenters. The first-order valence-electron chi connectivity index (χ1n) is 6.02. The lowest BCUT2D eigenvalue weighted by molar-refractivity contribution is -0.149. The molecule has 100 valence electrons. The molecule has 2 heterocycles. The standard InChI is InChI=1S/C12H18N2O3S/c1-12(2,11-13-5-6-18-11)14-7-8-3-4-9(17-8)10(15)16/h5-6,8-9,14H,3-4,7H2,1-2H3,(H,15,16). The molecule has 0 saturated carbocycles. The Bertz CT molecular complexity index is 405. The van der Waals surface area contributed by atoms with Gasteiger partial charge in [0.25, 0.3) is 0 Å². The molecular formula is C12H18N2O3S. The van der Waals surface area contributed by atoms with Crippen molar-refractivity contribution in [2.45, 2.75) is 44.4 Å². The van der Waals surface area contributed by atoms with Crippen LogP contribution in [0.15, 0.2) is 11.6 Å². The zero-order chi connectivity index (χ0) is 13.2. The fourth-order valence-electron chi connectivity index (χ4n) is 2.01. The number of carbonyl (C=O) groups is 1. The zero-order valence-electron chi connectivity index (χ0n) is 10.5. The van der Waals surface area contributed by atoms with Gasteiger partial charge in [0.2, 0.25) is 0 Å². The zero-order valence-corrected chi connectivity index (χ0v) is 11.4. The van der Waals surface area contributed by atoms with Crippen LogP contribution in [0.3, 0.4) is 0 Å². The minimum absolute atomic E-state index is 0.0228. The largest absolute Gasteiger partial charge is 0.479 e.